The highest BCUT2D eigenvalue weighted by Gasteiger charge is 2.22. The molecule has 0 aliphatic rings. The SMILES string of the molecule is CCCCCCCCCCCC[N+](C)(C)CCOC(=O)CC(CCCCCC)OS(=O)(=O)O. The summed E-state index contributed by atoms with van der Waals surface area (Å²) >= 11 is 0. The first-order valence-corrected chi connectivity index (χ1v) is 14.6. The number of quaternary nitrogens is 1. The third kappa shape index (κ3) is 22.8. The van der Waals surface area contributed by atoms with Crippen molar-refractivity contribution in [2.45, 2.75) is 123 Å². The van der Waals surface area contributed by atoms with Crippen molar-refractivity contribution in [3.63, 3.8) is 0 Å². The fourth-order valence-corrected chi connectivity index (χ4v) is 4.45. The smallest absolute Gasteiger partial charge is 0.397 e. The van der Waals surface area contributed by atoms with Gasteiger partial charge in [-0.05, 0) is 19.3 Å². The van der Waals surface area contributed by atoms with Crippen molar-refractivity contribution in [3.05, 3.63) is 0 Å². The number of esters is 1. The van der Waals surface area contributed by atoms with Gasteiger partial charge in [-0.15, -0.1) is 0 Å². The molecule has 7 nitrogen and oxygen atoms in total. The molecule has 0 bridgehead atoms. The van der Waals surface area contributed by atoms with Crippen LogP contribution in [0.5, 0.6) is 0 Å². The predicted molar refractivity (Wildman–Crippen MR) is 134 cm³/mol. The van der Waals surface area contributed by atoms with Crippen LogP contribution in [0.4, 0.5) is 0 Å². The fourth-order valence-electron chi connectivity index (χ4n) is 3.95. The average Bonchev–Trinajstić information content (AvgIpc) is 2.71. The normalized spacial score (nSPS) is 13.2. The van der Waals surface area contributed by atoms with Crippen molar-refractivity contribution in [1.82, 2.24) is 0 Å². The number of carbonyl (C=O) groups is 1. The minimum atomic E-state index is -4.59. The number of unbranched alkanes of at least 4 members (excludes halogenated alkanes) is 12. The van der Waals surface area contributed by atoms with Crippen LogP contribution in [-0.2, 0) is 24.1 Å². The Balaban J connectivity index is 4.02. The van der Waals surface area contributed by atoms with Gasteiger partial charge in [0, 0.05) is 0 Å². The number of hydrogen-bond donors (Lipinski definition) is 1. The molecular formula is C25H52NO6S+. The highest BCUT2D eigenvalue weighted by Crippen LogP contribution is 2.15. The maximum atomic E-state index is 12.2. The first-order chi connectivity index (χ1) is 15.6. The Kier molecular flexibility index (Phi) is 19.2. The van der Waals surface area contributed by atoms with Gasteiger partial charge in [-0.25, -0.2) is 4.18 Å². The topological polar surface area (TPSA) is 89.9 Å². The molecule has 0 rings (SSSR count). The second kappa shape index (κ2) is 19.6. The second-order valence-electron chi connectivity index (χ2n) is 9.98. The van der Waals surface area contributed by atoms with Crippen LogP contribution in [0.2, 0.25) is 0 Å². The number of nitrogens with zero attached hydrogens (tertiary/aromatic N) is 1. The van der Waals surface area contributed by atoms with Crippen LogP contribution in [0, 0.1) is 0 Å². The summed E-state index contributed by atoms with van der Waals surface area (Å²) in [6.45, 7) is 6.37. The van der Waals surface area contributed by atoms with Crippen molar-refractivity contribution in [3.8, 4) is 0 Å². The molecule has 0 heterocycles. The van der Waals surface area contributed by atoms with Crippen LogP contribution < -0.4 is 0 Å². The van der Waals surface area contributed by atoms with E-state index in [0.29, 0.717) is 13.0 Å². The predicted octanol–water partition coefficient (Wildman–Crippen LogP) is 6.08. The molecule has 1 N–H and O–H groups in total. The van der Waals surface area contributed by atoms with E-state index >= 15 is 0 Å². The van der Waals surface area contributed by atoms with Crippen LogP contribution in [0.25, 0.3) is 0 Å². The van der Waals surface area contributed by atoms with Crippen molar-refractivity contribution >= 4 is 16.4 Å². The minimum absolute atomic E-state index is 0.169. The first kappa shape index (κ1) is 32.3. The summed E-state index contributed by atoms with van der Waals surface area (Å²) < 4.78 is 41.9. The van der Waals surface area contributed by atoms with Crippen LogP contribution in [0.1, 0.15) is 117 Å². The van der Waals surface area contributed by atoms with Crippen LogP contribution in [0.15, 0.2) is 0 Å². The quantitative estimate of drug-likeness (QED) is 0.0802. The summed E-state index contributed by atoms with van der Waals surface area (Å²) in [6.07, 6.45) is 16.2. The molecule has 1 unspecified atom stereocenters. The second-order valence-corrected chi connectivity index (χ2v) is 11.0. The summed E-state index contributed by atoms with van der Waals surface area (Å²) in [4.78, 5) is 12.2. The zero-order valence-corrected chi connectivity index (χ0v) is 22.7. The fraction of sp³-hybridized carbons (Fsp3) is 0.960. The molecule has 0 saturated carbocycles. The van der Waals surface area contributed by atoms with E-state index in [1.165, 1.54) is 64.2 Å². The molecule has 1 atom stereocenters. The van der Waals surface area contributed by atoms with Gasteiger partial charge in [-0.2, -0.15) is 8.42 Å². The van der Waals surface area contributed by atoms with Gasteiger partial charge >= 0.3 is 16.4 Å². The lowest BCUT2D eigenvalue weighted by Gasteiger charge is -2.29. The molecule has 0 amide bonds. The van der Waals surface area contributed by atoms with Crippen LogP contribution in [-0.4, -0.2) is 63.3 Å². The summed E-state index contributed by atoms with van der Waals surface area (Å²) in [5.41, 5.74) is 0. The minimum Gasteiger partial charge on any atom is -0.460 e. The Morgan fingerprint density at radius 1 is 0.788 bits per heavy atom. The Labute approximate surface area is 204 Å². The van der Waals surface area contributed by atoms with Gasteiger partial charge in [0.15, 0.2) is 0 Å². The third-order valence-corrected chi connectivity index (χ3v) is 6.62. The molecule has 0 aromatic heterocycles. The van der Waals surface area contributed by atoms with E-state index in [1.54, 1.807) is 0 Å². The highest BCUT2D eigenvalue weighted by atomic mass is 32.3. The Bertz CT molecular complexity index is 579. The zero-order chi connectivity index (χ0) is 25.0. The highest BCUT2D eigenvalue weighted by molar-refractivity contribution is 7.80. The van der Waals surface area contributed by atoms with Crippen molar-refractivity contribution in [2.24, 2.45) is 0 Å². The molecule has 0 spiro atoms. The molecule has 0 radical (unpaired) electrons. The van der Waals surface area contributed by atoms with Crippen molar-refractivity contribution in [1.29, 1.82) is 0 Å². The lowest BCUT2D eigenvalue weighted by Crippen LogP contribution is -2.43. The maximum Gasteiger partial charge on any atom is 0.397 e. The van der Waals surface area contributed by atoms with E-state index in [0.717, 1.165) is 36.7 Å². The van der Waals surface area contributed by atoms with Gasteiger partial charge in [0.2, 0.25) is 0 Å². The molecule has 0 aromatic carbocycles. The number of ether oxygens (including phenoxy) is 1. The van der Waals surface area contributed by atoms with E-state index in [-0.39, 0.29) is 13.0 Å². The third-order valence-electron chi connectivity index (χ3n) is 6.11. The van der Waals surface area contributed by atoms with E-state index < -0.39 is 22.5 Å². The Morgan fingerprint density at radius 2 is 1.27 bits per heavy atom. The lowest BCUT2D eigenvalue weighted by atomic mass is 10.1. The van der Waals surface area contributed by atoms with Crippen LogP contribution in [0.3, 0.4) is 0 Å². The standard InChI is InChI=1S/C25H51NO6S/c1-5-7-9-11-12-13-14-15-16-18-20-26(3,4)21-22-31-25(27)23-24(32-33(28,29)30)19-17-10-8-6-2/h24H,5-23H2,1-4H3/p+1. The number of likely N-dealkylation sites (N-methyl/N-ethyl adjacent to an activating group) is 1. The molecule has 0 aliphatic heterocycles. The molecule has 0 aromatic rings. The number of carbonyl (C=O) groups excluding carboxylic acids is 1. The largest absolute Gasteiger partial charge is 0.460 e. The van der Waals surface area contributed by atoms with Gasteiger partial charge in [-0.1, -0.05) is 90.9 Å². The van der Waals surface area contributed by atoms with Gasteiger partial charge in [0.25, 0.3) is 0 Å². The van der Waals surface area contributed by atoms with Gasteiger partial charge in [0.05, 0.1) is 33.2 Å². The molecule has 0 aliphatic carbocycles. The van der Waals surface area contributed by atoms with Gasteiger partial charge in [0.1, 0.15) is 13.2 Å². The summed E-state index contributed by atoms with van der Waals surface area (Å²) in [6, 6.07) is 0. The molecule has 33 heavy (non-hydrogen) atoms. The van der Waals surface area contributed by atoms with Gasteiger partial charge in [-0.3, -0.25) is 9.35 Å². The molecule has 198 valence electrons. The Hall–Kier alpha value is -0.700. The zero-order valence-electron chi connectivity index (χ0n) is 21.9. The summed E-state index contributed by atoms with van der Waals surface area (Å²) in [5, 5.41) is 0. The molecule has 0 fully saturated rings. The van der Waals surface area contributed by atoms with Crippen LogP contribution >= 0.6 is 0 Å². The lowest BCUT2D eigenvalue weighted by molar-refractivity contribution is -0.890. The monoisotopic (exact) mass is 494 g/mol. The van der Waals surface area contributed by atoms with E-state index in [9.17, 15) is 13.2 Å². The molecular weight excluding hydrogens is 442 g/mol. The van der Waals surface area contributed by atoms with E-state index in [2.05, 4.69) is 32.1 Å². The molecule has 0 saturated heterocycles. The van der Waals surface area contributed by atoms with Crippen molar-refractivity contribution < 1.29 is 31.2 Å². The average molecular weight is 495 g/mol. The molecule has 8 heteroatoms. The van der Waals surface area contributed by atoms with E-state index in [4.69, 9.17) is 9.29 Å². The van der Waals surface area contributed by atoms with E-state index in [1.807, 2.05) is 0 Å². The number of rotatable bonds is 23. The maximum absolute atomic E-state index is 12.2. The van der Waals surface area contributed by atoms with Crippen molar-refractivity contribution in [2.75, 3.05) is 33.8 Å². The summed E-state index contributed by atoms with van der Waals surface area (Å²) in [5.74, 6) is -0.488. The Morgan fingerprint density at radius 3 is 1.79 bits per heavy atom. The first-order valence-electron chi connectivity index (χ1n) is 13.2. The number of hydrogen-bond acceptors (Lipinski definition) is 5. The summed E-state index contributed by atoms with van der Waals surface area (Å²) in [7, 11) is -0.314. The van der Waals surface area contributed by atoms with Gasteiger partial charge < -0.3 is 9.22 Å².